The predicted molar refractivity (Wildman–Crippen MR) is 57.8 cm³/mol. The van der Waals surface area contributed by atoms with Crippen LogP contribution < -0.4 is 0 Å². The Morgan fingerprint density at radius 1 is 1.12 bits per heavy atom. The van der Waals surface area contributed by atoms with Gasteiger partial charge in [-0.1, -0.05) is 6.07 Å². The molecule has 16 heavy (non-hydrogen) atoms. The summed E-state index contributed by atoms with van der Waals surface area (Å²) in [6.07, 6.45) is 0. The molecule has 0 amide bonds. The summed E-state index contributed by atoms with van der Waals surface area (Å²) in [5.74, 6) is -2.22. The van der Waals surface area contributed by atoms with Gasteiger partial charge in [-0.3, -0.25) is 0 Å². The van der Waals surface area contributed by atoms with Gasteiger partial charge in [0.1, 0.15) is 0 Å². The maximum atomic E-state index is 11.0. The van der Waals surface area contributed by atoms with Gasteiger partial charge >= 0.3 is 11.9 Å². The molecule has 1 aromatic carbocycles. The second kappa shape index (κ2) is 4.76. The fraction of sp³-hybridized carbons (Fsp3) is 0.273. The van der Waals surface area contributed by atoms with Crippen molar-refractivity contribution in [1.29, 1.82) is 0 Å². The van der Waals surface area contributed by atoms with Gasteiger partial charge in [0.05, 0.1) is 11.1 Å². The van der Waals surface area contributed by atoms with E-state index >= 15 is 0 Å². The van der Waals surface area contributed by atoms with E-state index in [1.54, 1.807) is 19.0 Å². The lowest BCUT2D eigenvalue weighted by Crippen LogP contribution is -2.18. The van der Waals surface area contributed by atoms with Gasteiger partial charge in [-0.25, -0.2) is 9.59 Å². The van der Waals surface area contributed by atoms with E-state index in [1.807, 2.05) is 0 Å². The number of benzene rings is 1. The molecule has 5 nitrogen and oxygen atoms in total. The third-order valence-corrected chi connectivity index (χ3v) is 2.11. The number of carboxylic acids is 2. The number of nitrogens with zero attached hydrogens (tertiary/aromatic N) is 1. The van der Waals surface area contributed by atoms with Gasteiger partial charge in [0.2, 0.25) is 0 Å². The van der Waals surface area contributed by atoms with Crippen LogP contribution in [0.3, 0.4) is 0 Å². The van der Waals surface area contributed by atoms with Gasteiger partial charge in [-0.15, -0.1) is 0 Å². The highest BCUT2D eigenvalue weighted by molar-refractivity contribution is 5.96. The van der Waals surface area contributed by atoms with E-state index in [4.69, 9.17) is 10.2 Å². The average molecular weight is 223 g/mol. The minimum absolute atomic E-state index is 0.0357. The van der Waals surface area contributed by atoms with Crippen molar-refractivity contribution in [2.24, 2.45) is 0 Å². The SMILES string of the molecule is CN(C)Cc1c(C(=O)O)cccc1C(=O)O. The number of carboxylic acid groups (broad SMARTS) is 2. The van der Waals surface area contributed by atoms with E-state index in [2.05, 4.69) is 0 Å². The molecule has 0 radical (unpaired) electrons. The van der Waals surface area contributed by atoms with Crippen molar-refractivity contribution < 1.29 is 19.8 Å². The summed E-state index contributed by atoms with van der Waals surface area (Å²) in [5.41, 5.74) is 0.398. The normalized spacial score (nSPS) is 10.4. The molecular formula is C11H13NO4. The molecule has 1 aromatic rings. The van der Waals surface area contributed by atoms with Crippen LogP contribution in [0.5, 0.6) is 0 Å². The summed E-state index contributed by atoms with van der Waals surface area (Å²) in [6, 6.07) is 4.26. The fourth-order valence-electron chi connectivity index (χ4n) is 1.47. The molecule has 0 spiro atoms. The van der Waals surface area contributed by atoms with Crippen molar-refractivity contribution in [2.75, 3.05) is 14.1 Å². The molecule has 0 atom stereocenters. The zero-order valence-corrected chi connectivity index (χ0v) is 9.10. The Hall–Kier alpha value is -1.88. The van der Waals surface area contributed by atoms with Gasteiger partial charge < -0.3 is 15.1 Å². The highest BCUT2D eigenvalue weighted by Crippen LogP contribution is 2.16. The van der Waals surface area contributed by atoms with Gasteiger partial charge in [-0.05, 0) is 31.8 Å². The molecule has 0 aliphatic rings. The molecule has 0 saturated carbocycles. The second-order valence-corrected chi connectivity index (χ2v) is 3.68. The molecule has 0 unspecified atom stereocenters. The molecule has 0 aliphatic carbocycles. The summed E-state index contributed by atoms with van der Waals surface area (Å²) < 4.78 is 0. The Bertz CT molecular complexity index is 394. The predicted octanol–water partition coefficient (Wildman–Crippen LogP) is 1.14. The van der Waals surface area contributed by atoms with Crippen LogP contribution in [0.2, 0.25) is 0 Å². The maximum absolute atomic E-state index is 11.0. The summed E-state index contributed by atoms with van der Waals surface area (Å²) in [6.45, 7) is 0.282. The van der Waals surface area contributed by atoms with E-state index in [0.717, 1.165) is 0 Å². The van der Waals surface area contributed by atoms with Crippen LogP contribution in [0.1, 0.15) is 26.3 Å². The second-order valence-electron chi connectivity index (χ2n) is 3.68. The van der Waals surface area contributed by atoms with Crippen LogP contribution in [-0.4, -0.2) is 41.1 Å². The standard InChI is InChI=1S/C11H13NO4/c1-12(2)6-9-7(10(13)14)4-3-5-8(9)11(15)16/h3-5H,6H2,1-2H3,(H,13,14)(H,15,16). The first-order chi connectivity index (χ1) is 7.43. The fourth-order valence-corrected chi connectivity index (χ4v) is 1.47. The van der Waals surface area contributed by atoms with E-state index in [0.29, 0.717) is 5.56 Å². The average Bonchev–Trinajstić information content (AvgIpc) is 2.16. The summed E-state index contributed by atoms with van der Waals surface area (Å²) in [4.78, 5) is 23.7. The smallest absolute Gasteiger partial charge is 0.336 e. The van der Waals surface area contributed by atoms with Gasteiger partial charge in [0.15, 0.2) is 0 Å². The lowest BCUT2D eigenvalue weighted by molar-refractivity contribution is 0.0694. The lowest BCUT2D eigenvalue weighted by atomic mass is 10.0. The monoisotopic (exact) mass is 223 g/mol. The van der Waals surface area contributed by atoms with Crippen LogP contribution in [0.15, 0.2) is 18.2 Å². The third-order valence-electron chi connectivity index (χ3n) is 2.11. The zero-order valence-electron chi connectivity index (χ0n) is 9.10. The molecule has 0 fully saturated rings. The molecule has 0 heterocycles. The largest absolute Gasteiger partial charge is 0.478 e. The Balaban J connectivity index is 3.34. The first-order valence-corrected chi connectivity index (χ1v) is 4.66. The van der Waals surface area contributed by atoms with E-state index in [1.165, 1.54) is 18.2 Å². The Kier molecular flexibility index (Phi) is 3.63. The summed E-state index contributed by atoms with van der Waals surface area (Å²) in [5, 5.41) is 17.9. The lowest BCUT2D eigenvalue weighted by Gasteiger charge is -2.14. The maximum Gasteiger partial charge on any atom is 0.336 e. The van der Waals surface area contributed by atoms with E-state index < -0.39 is 11.9 Å². The molecular weight excluding hydrogens is 210 g/mol. The Labute approximate surface area is 92.9 Å². The molecule has 0 aromatic heterocycles. The van der Waals surface area contributed by atoms with Crippen molar-refractivity contribution >= 4 is 11.9 Å². The van der Waals surface area contributed by atoms with E-state index in [9.17, 15) is 9.59 Å². The van der Waals surface area contributed by atoms with Crippen molar-refractivity contribution in [3.63, 3.8) is 0 Å². The number of hydrogen-bond acceptors (Lipinski definition) is 3. The molecule has 5 heteroatoms. The number of hydrogen-bond donors (Lipinski definition) is 2. The van der Waals surface area contributed by atoms with Gasteiger partial charge in [0, 0.05) is 6.54 Å². The number of rotatable bonds is 4. The zero-order chi connectivity index (χ0) is 12.3. The Morgan fingerprint density at radius 2 is 1.56 bits per heavy atom. The molecule has 0 saturated heterocycles. The minimum Gasteiger partial charge on any atom is -0.478 e. The third kappa shape index (κ3) is 2.58. The first kappa shape index (κ1) is 12.2. The molecule has 0 aliphatic heterocycles. The number of carbonyl (C=O) groups is 2. The van der Waals surface area contributed by atoms with Crippen LogP contribution in [0.25, 0.3) is 0 Å². The first-order valence-electron chi connectivity index (χ1n) is 4.66. The topological polar surface area (TPSA) is 77.8 Å². The highest BCUT2D eigenvalue weighted by Gasteiger charge is 2.18. The highest BCUT2D eigenvalue weighted by atomic mass is 16.4. The molecule has 2 N–H and O–H groups in total. The van der Waals surface area contributed by atoms with Gasteiger partial charge in [-0.2, -0.15) is 0 Å². The molecule has 86 valence electrons. The van der Waals surface area contributed by atoms with Crippen molar-refractivity contribution in [2.45, 2.75) is 6.54 Å². The Morgan fingerprint density at radius 3 is 1.88 bits per heavy atom. The van der Waals surface area contributed by atoms with Crippen LogP contribution in [-0.2, 0) is 6.54 Å². The van der Waals surface area contributed by atoms with Crippen LogP contribution in [0, 0.1) is 0 Å². The van der Waals surface area contributed by atoms with E-state index in [-0.39, 0.29) is 17.7 Å². The molecule has 1 rings (SSSR count). The summed E-state index contributed by atoms with van der Waals surface area (Å²) in [7, 11) is 3.51. The van der Waals surface area contributed by atoms with Crippen molar-refractivity contribution in [3.8, 4) is 0 Å². The number of aromatic carboxylic acids is 2. The quantitative estimate of drug-likeness (QED) is 0.800. The summed E-state index contributed by atoms with van der Waals surface area (Å²) >= 11 is 0. The van der Waals surface area contributed by atoms with Gasteiger partial charge in [0.25, 0.3) is 0 Å². The van der Waals surface area contributed by atoms with Crippen LogP contribution in [0.4, 0.5) is 0 Å². The van der Waals surface area contributed by atoms with Crippen molar-refractivity contribution in [1.82, 2.24) is 4.90 Å². The van der Waals surface area contributed by atoms with Crippen LogP contribution >= 0.6 is 0 Å². The molecule has 0 bridgehead atoms. The minimum atomic E-state index is -1.11. The van der Waals surface area contributed by atoms with Crippen molar-refractivity contribution in [3.05, 3.63) is 34.9 Å².